The van der Waals surface area contributed by atoms with Crippen LogP contribution in [0.4, 0.5) is 0 Å². The van der Waals surface area contributed by atoms with Gasteiger partial charge in [-0.1, -0.05) is 6.92 Å². The predicted octanol–water partition coefficient (Wildman–Crippen LogP) is 3.09. The lowest BCUT2D eigenvalue weighted by Gasteiger charge is -2.07. The van der Waals surface area contributed by atoms with Crippen molar-refractivity contribution < 1.29 is 18.6 Å². The Labute approximate surface area is 123 Å². The molecule has 1 N–H and O–H groups in total. The molecule has 5 heteroatoms. The lowest BCUT2D eigenvalue weighted by molar-refractivity contribution is 0.173. The van der Waals surface area contributed by atoms with Crippen molar-refractivity contribution in [1.29, 1.82) is 0 Å². The molecule has 0 amide bonds. The zero-order valence-electron chi connectivity index (χ0n) is 12.1. The SMILES string of the molecule is CCCNCc1ccoc1COc1ccc2c(c1)OCO2. The molecule has 1 aliphatic heterocycles. The van der Waals surface area contributed by atoms with Crippen LogP contribution in [0.5, 0.6) is 17.2 Å². The molecule has 5 nitrogen and oxygen atoms in total. The van der Waals surface area contributed by atoms with E-state index in [1.54, 1.807) is 6.26 Å². The molecule has 1 aromatic carbocycles. The summed E-state index contributed by atoms with van der Waals surface area (Å²) in [4.78, 5) is 0. The van der Waals surface area contributed by atoms with E-state index in [0.29, 0.717) is 6.61 Å². The van der Waals surface area contributed by atoms with Crippen molar-refractivity contribution in [3.05, 3.63) is 41.9 Å². The van der Waals surface area contributed by atoms with Crippen LogP contribution in [0.3, 0.4) is 0 Å². The fraction of sp³-hybridized carbons (Fsp3) is 0.375. The van der Waals surface area contributed by atoms with Gasteiger partial charge in [0.25, 0.3) is 0 Å². The quantitative estimate of drug-likeness (QED) is 0.794. The largest absolute Gasteiger partial charge is 0.486 e. The maximum atomic E-state index is 5.77. The Hall–Kier alpha value is -2.14. The molecule has 0 spiro atoms. The Morgan fingerprint density at radius 1 is 1.19 bits per heavy atom. The van der Waals surface area contributed by atoms with Gasteiger partial charge in [0, 0.05) is 18.2 Å². The maximum Gasteiger partial charge on any atom is 0.231 e. The van der Waals surface area contributed by atoms with Crippen LogP contribution in [0.2, 0.25) is 0 Å². The Bertz CT molecular complexity index is 594. The molecule has 0 unspecified atom stereocenters. The van der Waals surface area contributed by atoms with E-state index in [0.717, 1.165) is 48.1 Å². The highest BCUT2D eigenvalue weighted by molar-refractivity contribution is 5.46. The Morgan fingerprint density at radius 2 is 2.10 bits per heavy atom. The van der Waals surface area contributed by atoms with Crippen molar-refractivity contribution in [2.75, 3.05) is 13.3 Å². The minimum absolute atomic E-state index is 0.268. The summed E-state index contributed by atoms with van der Waals surface area (Å²) in [7, 11) is 0. The van der Waals surface area contributed by atoms with Crippen LogP contribution in [0.1, 0.15) is 24.7 Å². The number of nitrogens with one attached hydrogen (secondary N) is 1. The molecule has 1 aromatic heterocycles. The third-order valence-electron chi connectivity index (χ3n) is 3.29. The van der Waals surface area contributed by atoms with Gasteiger partial charge >= 0.3 is 0 Å². The van der Waals surface area contributed by atoms with E-state index in [2.05, 4.69) is 12.2 Å². The molecule has 0 aliphatic carbocycles. The number of hydrogen-bond donors (Lipinski definition) is 1. The van der Waals surface area contributed by atoms with E-state index < -0.39 is 0 Å². The van der Waals surface area contributed by atoms with Gasteiger partial charge in [0.15, 0.2) is 11.5 Å². The summed E-state index contributed by atoms with van der Waals surface area (Å²) in [6, 6.07) is 7.52. The molecule has 3 rings (SSSR count). The van der Waals surface area contributed by atoms with Crippen LogP contribution in [-0.4, -0.2) is 13.3 Å². The first-order valence-electron chi connectivity index (χ1n) is 7.15. The summed E-state index contributed by atoms with van der Waals surface area (Å²) in [5.74, 6) is 3.06. The second-order valence-corrected chi connectivity index (χ2v) is 4.85. The Balaban J connectivity index is 1.59. The number of benzene rings is 1. The molecule has 2 aromatic rings. The van der Waals surface area contributed by atoms with E-state index in [-0.39, 0.29) is 6.79 Å². The normalized spacial score (nSPS) is 12.6. The van der Waals surface area contributed by atoms with Crippen LogP contribution in [0, 0.1) is 0 Å². The molecule has 21 heavy (non-hydrogen) atoms. The first-order chi connectivity index (χ1) is 10.4. The number of rotatable bonds is 7. The average Bonchev–Trinajstić information content (AvgIpc) is 3.13. The number of hydrogen-bond acceptors (Lipinski definition) is 5. The maximum absolute atomic E-state index is 5.77. The van der Waals surface area contributed by atoms with Crippen LogP contribution < -0.4 is 19.5 Å². The molecule has 0 fully saturated rings. The van der Waals surface area contributed by atoms with Gasteiger partial charge in [0.1, 0.15) is 18.1 Å². The molecular weight excluding hydrogens is 270 g/mol. The first-order valence-corrected chi connectivity index (χ1v) is 7.15. The third-order valence-corrected chi connectivity index (χ3v) is 3.29. The van der Waals surface area contributed by atoms with Gasteiger partial charge in [-0.3, -0.25) is 0 Å². The molecule has 0 bridgehead atoms. The standard InChI is InChI=1S/C16H19NO4/c1-2-6-17-9-12-5-7-18-16(12)10-19-13-3-4-14-15(8-13)21-11-20-14/h3-5,7-8,17H,2,6,9-11H2,1H3. The van der Waals surface area contributed by atoms with E-state index in [4.69, 9.17) is 18.6 Å². The van der Waals surface area contributed by atoms with Crippen LogP contribution in [-0.2, 0) is 13.2 Å². The van der Waals surface area contributed by atoms with Crippen LogP contribution >= 0.6 is 0 Å². The molecular formula is C16H19NO4. The van der Waals surface area contributed by atoms with E-state index in [1.165, 1.54) is 0 Å². The average molecular weight is 289 g/mol. The summed E-state index contributed by atoms with van der Waals surface area (Å²) in [5, 5.41) is 3.36. The molecule has 112 valence electrons. The van der Waals surface area contributed by atoms with E-state index in [9.17, 15) is 0 Å². The summed E-state index contributed by atoms with van der Waals surface area (Å²) in [6.07, 6.45) is 2.81. The van der Waals surface area contributed by atoms with Gasteiger partial charge < -0.3 is 23.9 Å². The van der Waals surface area contributed by atoms with Crippen molar-refractivity contribution in [3.63, 3.8) is 0 Å². The van der Waals surface area contributed by atoms with Gasteiger partial charge in [-0.25, -0.2) is 0 Å². The minimum atomic E-state index is 0.268. The summed E-state index contributed by atoms with van der Waals surface area (Å²) in [6.45, 7) is 4.60. The molecule has 0 saturated heterocycles. The fourth-order valence-electron chi connectivity index (χ4n) is 2.17. The van der Waals surface area contributed by atoms with Crippen LogP contribution in [0.15, 0.2) is 34.9 Å². The topological polar surface area (TPSA) is 52.9 Å². The highest BCUT2D eigenvalue weighted by Gasteiger charge is 2.14. The molecule has 0 saturated carbocycles. The van der Waals surface area contributed by atoms with E-state index >= 15 is 0 Å². The lowest BCUT2D eigenvalue weighted by atomic mass is 10.2. The van der Waals surface area contributed by atoms with Gasteiger partial charge in [-0.15, -0.1) is 0 Å². The highest BCUT2D eigenvalue weighted by atomic mass is 16.7. The zero-order valence-corrected chi connectivity index (χ0v) is 12.1. The summed E-state index contributed by atoms with van der Waals surface area (Å²) < 4.78 is 21.9. The van der Waals surface area contributed by atoms with Crippen LogP contribution in [0.25, 0.3) is 0 Å². The molecule has 2 heterocycles. The minimum Gasteiger partial charge on any atom is -0.486 e. The van der Waals surface area contributed by atoms with Gasteiger partial charge in [0.05, 0.1) is 6.26 Å². The van der Waals surface area contributed by atoms with Crippen molar-refractivity contribution in [2.24, 2.45) is 0 Å². The predicted molar refractivity (Wildman–Crippen MR) is 77.6 cm³/mol. The van der Waals surface area contributed by atoms with Gasteiger partial charge in [-0.05, 0) is 31.2 Å². The van der Waals surface area contributed by atoms with Crippen molar-refractivity contribution in [2.45, 2.75) is 26.5 Å². The number of fused-ring (bicyclic) bond motifs is 1. The summed E-state index contributed by atoms with van der Waals surface area (Å²) >= 11 is 0. The smallest absolute Gasteiger partial charge is 0.231 e. The Kier molecular flexibility index (Phi) is 4.31. The highest BCUT2D eigenvalue weighted by Crippen LogP contribution is 2.35. The third kappa shape index (κ3) is 3.31. The zero-order chi connectivity index (χ0) is 14.5. The fourth-order valence-corrected chi connectivity index (χ4v) is 2.17. The second kappa shape index (κ2) is 6.54. The lowest BCUT2D eigenvalue weighted by Crippen LogP contribution is -2.14. The molecule has 0 radical (unpaired) electrons. The van der Waals surface area contributed by atoms with Crippen molar-refractivity contribution in [3.8, 4) is 17.2 Å². The van der Waals surface area contributed by atoms with Gasteiger partial charge in [-0.2, -0.15) is 0 Å². The van der Waals surface area contributed by atoms with Crippen molar-refractivity contribution >= 4 is 0 Å². The second-order valence-electron chi connectivity index (χ2n) is 4.85. The van der Waals surface area contributed by atoms with Crippen molar-refractivity contribution in [1.82, 2.24) is 5.32 Å². The Morgan fingerprint density at radius 3 is 3.00 bits per heavy atom. The molecule has 1 aliphatic rings. The van der Waals surface area contributed by atoms with E-state index in [1.807, 2.05) is 24.3 Å². The molecule has 0 atom stereocenters. The number of furan rings is 1. The summed E-state index contributed by atoms with van der Waals surface area (Å²) in [5.41, 5.74) is 1.13. The first kappa shape index (κ1) is 13.8. The number of ether oxygens (including phenoxy) is 3. The van der Waals surface area contributed by atoms with Gasteiger partial charge in [0.2, 0.25) is 6.79 Å². The monoisotopic (exact) mass is 289 g/mol.